The molecule has 0 aliphatic heterocycles. The first-order valence-electron chi connectivity index (χ1n) is 6.41. The molecule has 1 heterocycles. The highest BCUT2D eigenvalue weighted by Gasteiger charge is 2.14. The minimum absolute atomic E-state index is 0.182. The van der Waals surface area contributed by atoms with Gasteiger partial charge in [-0.3, -0.25) is 10.2 Å². The fourth-order valence-corrected chi connectivity index (χ4v) is 2.38. The van der Waals surface area contributed by atoms with Crippen molar-refractivity contribution < 1.29 is 4.74 Å². The van der Waals surface area contributed by atoms with Crippen LogP contribution in [0.5, 0.6) is 5.75 Å². The van der Waals surface area contributed by atoms with Crippen molar-refractivity contribution in [2.24, 2.45) is 5.73 Å². The van der Waals surface area contributed by atoms with E-state index in [1.807, 2.05) is 6.92 Å². The standard InChI is InChI=1S/C15H16ClN3O2/c1-3-19-12(6-5-10(14(17)18)15(19)20)11-8-9(16)4-7-13(11)21-2/h4-8H,3H2,1-2H3,(H3,17,18). The van der Waals surface area contributed by atoms with Gasteiger partial charge in [0.25, 0.3) is 5.56 Å². The molecule has 0 fully saturated rings. The van der Waals surface area contributed by atoms with Gasteiger partial charge in [0.15, 0.2) is 0 Å². The summed E-state index contributed by atoms with van der Waals surface area (Å²) in [6.07, 6.45) is 0. The highest BCUT2D eigenvalue weighted by atomic mass is 35.5. The zero-order chi connectivity index (χ0) is 15.6. The molecule has 1 aromatic carbocycles. The molecule has 0 spiro atoms. The molecule has 0 saturated carbocycles. The Balaban J connectivity index is 2.76. The molecule has 6 heteroatoms. The third-order valence-corrected chi connectivity index (χ3v) is 3.45. The summed E-state index contributed by atoms with van der Waals surface area (Å²) in [7, 11) is 1.56. The van der Waals surface area contributed by atoms with Gasteiger partial charge < -0.3 is 15.0 Å². The summed E-state index contributed by atoms with van der Waals surface area (Å²) in [5.74, 6) is 0.378. The van der Waals surface area contributed by atoms with E-state index in [-0.39, 0.29) is 17.0 Å². The highest BCUT2D eigenvalue weighted by Crippen LogP contribution is 2.32. The average Bonchev–Trinajstić information content (AvgIpc) is 2.46. The van der Waals surface area contributed by atoms with Gasteiger partial charge in [0.05, 0.1) is 18.4 Å². The maximum Gasteiger partial charge on any atom is 0.261 e. The van der Waals surface area contributed by atoms with E-state index in [1.165, 1.54) is 0 Å². The third kappa shape index (κ3) is 2.78. The summed E-state index contributed by atoms with van der Waals surface area (Å²) in [5.41, 5.74) is 6.71. The largest absolute Gasteiger partial charge is 0.496 e. The number of ether oxygens (including phenoxy) is 1. The molecule has 0 aliphatic rings. The number of nitrogen functional groups attached to an aromatic ring is 1. The van der Waals surface area contributed by atoms with Gasteiger partial charge in [-0.15, -0.1) is 0 Å². The zero-order valence-electron chi connectivity index (χ0n) is 11.8. The molecule has 110 valence electrons. The van der Waals surface area contributed by atoms with E-state index in [1.54, 1.807) is 42.0 Å². The van der Waals surface area contributed by atoms with Crippen molar-refractivity contribution in [2.45, 2.75) is 13.5 Å². The molecule has 2 rings (SSSR count). The smallest absolute Gasteiger partial charge is 0.261 e. The Bertz CT molecular complexity index is 753. The van der Waals surface area contributed by atoms with Crippen molar-refractivity contribution in [2.75, 3.05) is 7.11 Å². The van der Waals surface area contributed by atoms with Gasteiger partial charge in [0, 0.05) is 17.1 Å². The summed E-state index contributed by atoms with van der Waals surface area (Å²) in [6, 6.07) is 8.51. The van der Waals surface area contributed by atoms with Crippen LogP contribution < -0.4 is 16.0 Å². The van der Waals surface area contributed by atoms with Gasteiger partial charge in [-0.05, 0) is 37.3 Å². The Kier molecular flexibility index (Phi) is 4.33. The van der Waals surface area contributed by atoms with Crippen LogP contribution in [0.3, 0.4) is 0 Å². The van der Waals surface area contributed by atoms with Crippen LogP contribution >= 0.6 is 11.6 Å². The molecule has 2 aromatic rings. The van der Waals surface area contributed by atoms with Crippen LogP contribution in [0.1, 0.15) is 12.5 Å². The lowest BCUT2D eigenvalue weighted by Crippen LogP contribution is -2.30. The normalized spacial score (nSPS) is 10.4. The van der Waals surface area contributed by atoms with Crippen LogP contribution in [0, 0.1) is 5.41 Å². The molecule has 0 saturated heterocycles. The van der Waals surface area contributed by atoms with Crippen molar-refractivity contribution in [1.29, 1.82) is 5.41 Å². The Morgan fingerprint density at radius 1 is 1.38 bits per heavy atom. The van der Waals surface area contributed by atoms with E-state index < -0.39 is 0 Å². The highest BCUT2D eigenvalue weighted by molar-refractivity contribution is 6.31. The zero-order valence-corrected chi connectivity index (χ0v) is 12.6. The second-order valence-electron chi connectivity index (χ2n) is 4.44. The van der Waals surface area contributed by atoms with Crippen molar-refractivity contribution in [3.8, 4) is 17.0 Å². The summed E-state index contributed by atoms with van der Waals surface area (Å²) >= 11 is 6.04. The maximum atomic E-state index is 12.4. The topological polar surface area (TPSA) is 81.1 Å². The van der Waals surface area contributed by atoms with E-state index in [4.69, 9.17) is 27.5 Å². The van der Waals surface area contributed by atoms with Crippen LogP contribution in [0.2, 0.25) is 5.02 Å². The number of halogens is 1. The molecular weight excluding hydrogens is 290 g/mol. The molecule has 0 amide bonds. The summed E-state index contributed by atoms with van der Waals surface area (Å²) in [4.78, 5) is 12.4. The number of rotatable bonds is 4. The third-order valence-electron chi connectivity index (χ3n) is 3.22. The van der Waals surface area contributed by atoms with Gasteiger partial charge in [-0.25, -0.2) is 0 Å². The Morgan fingerprint density at radius 3 is 2.67 bits per heavy atom. The summed E-state index contributed by atoms with van der Waals surface area (Å²) < 4.78 is 6.88. The lowest BCUT2D eigenvalue weighted by molar-refractivity contribution is 0.416. The van der Waals surface area contributed by atoms with Gasteiger partial charge >= 0.3 is 0 Å². The van der Waals surface area contributed by atoms with Crippen molar-refractivity contribution in [3.63, 3.8) is 0 Å². The molecule has 0 radical (unpaired) electrons. The number of hydrogen-bond donors (Lipinski definition) is 2. The van der Waals surface area contributed by atoms with Crippen molar-refractivity contribution >= 4 is 17.4 Å². The number of methoxy groups -OCH3 is 1. The van der Waals surface area contributed by atoms with E-state index >= 15 is 0 Å². The fourth-order valence-electron chi connectivity index (χ4n) is 2.21. The molecule has 5 nitrogen and oxygen atoms in total. The second kappa shape index (κ2) is 6.01. The quantitative estimate of drug-likeness (QED) is 0.672. The van der Waals surface area contributed by atoms with Gasteiger partial charge in [-0.1, -0.05) is 11.6 Å². The van der Waals surface area contributed by atoms with Crippen LogP contribution in [0.25, 0.3) is 11.3 Å². The molecule has 21 heavy (non-hydrogen) atoms. The van der Waals surface area contributed by atoms with Gasteiger partial charge in [0.1, 0.15) is 11.6 Å². The van der Waals surface area contributed by atoms with Crippen molar-refractivity contribution in [1.82, 2.24) is 4.57 Å². The lowest BCUT2D eigenvalue weighted by Gasteiger charge is -2.15. The van der Waals surface area contributed by atoms with E-state index in [9.17, 15) is 4.79 Å². The molecule has 0 unspecified atom stereocenters. The summed E-state index contributed by atoms with van der Waals surface area (Å²) in [5, 5.41) is 8.01. The Hall–Kier alpha value is -2.27. The van der Waals surface area contributed by atoms with Crippen LogP contribution in [-0.2, 0) is 6.54 Å². The fraction of sp³-hybridized carbons (Fsp3) is 0.200. The van der Waals surface area contributed by atoms with Crippen molar-refractivity contribution in [3.05, 3.63) is 51.3 Å². The minimum atomic E-state index is -0.301. The van der Waals surface area contributed by atoms with E-state index in [0.29, 0.717) is 23.0 Å². The number of nitrogens with one attached hydrogen (secondary N) is 1. The number of pyridine rings is 1. The number of amidine groups is 1. The predicted molar refractivity (Wildman–Crippen MR) is 84.4 cm³/mol. The van der Waals surface area contributed by atoms with Crippen LogP contribution in [0.4, 0.5) is 0 Å². The minimum Gasteiger partial charge on any atom is -0.496 e. The number of benzene rings is 1. The Labute approximate surface area is 127 Å². The number of nitrogens with two attached hydrogens (primary N) is 1. The Morgan fingerprint density at radius 2 is 2.10 bits per heavy atom. The van der Waals surface area contributed by atoms with Crippen LogP contribution in [-0.4, -0.2) is 17.5 Å². The van der Waals surface area contributed by atoms with Gasteiger partial charge in [0.2, 0.25) is 0 Å². The first kappa shape index (κ1) is 15.1. The van der Waals surface area contributed by atoms with Gasteiger partial charge in [-0.2, -0.15) is 0 Å². The van der Waals surface area contributed by atoms with E-state index in [0.717, 1.165) is 5.56 Å². The predicted octanol–water partition coefficient (Wildman–Crippen LogP) is 2.48. The molecule has 1 aromatic heterocycles. The molecule has 0 bridgehead atoms. The average molecular weight is 306 g/mol. The number of nitrogens with zero attached hydrogens (tertiary/aromatic N) is 1. The van der Waals surface area contributed by atoms with Crippen LogP contribution in [0.15, 0.2) is 35.1 Å². The van der Waals surface area contributed by atoms with E-state index in [2.05, 4.69) is 0 Å². The SMILES string of the molecule is CCn1c(-c2cc(Cl)ccc2OC)ccc(C(=N)N)c1=O. The molecule has 0 aliphatic carbocycles. The molecule has 3 N–H and O–H groups in total. The molecular formula is C15H16ClN3O2. The number of hydrogen-bond acceptors (Lipinski definition) is 3. The molecule has 0 atom stereocenters. The first-order valence-corrected chi connectivity index (χ1v) is 6.79. The number of aromatic nitrogens is 1. The second-order valence-corrected chi connectivity index (χ2v) is 4.88. The summed E-state index contributed by atoms with van der Waals surface area (Å²) in [6.45, 7) is 2.30. The maximum absolute atomic E-state index is 12.4. The lowest BCUT2D eigenvalue weighted by atomic mass is 10.1. The monoisotopic (exact) mass is 305 g/mol. The first-order chi connectivity index (χ1) is 9.99.